The van der Waals surface area contributed by atoms with Gasteiger partial charge in [0, 0.05) is 32.7 Å². The molecule has 5 heteroatoms. The van der Waals surface area contributed by atoms with E-state index in [1.807, 2.05) is 36.4 Å². The minimum absolute atomic E-state index is 0.316. The van der Waals surface area contributed by atoms with Crippen molar-refractivity contribution in [1.29, 1.82) is 0 Å². The van der Waals surface area contributed by atoms with Crippen molar-refractivity contribution in [3.63, 3.8) is 0 Å². The number of aliphatic hydroxyl groups is 1. The van der Waals surface area contributed by atoms with Gasteiger partial charge >= 0.3 is 0 Å². The Morgan fingerprint density at radius 2 is 1.57 bits per heavy atom. The Morgan fingerprint density at radius 3 is 2.25 bits per heavy atom. The number of aliphatic hydroxyl groups excluding tert-OH is 1. The van der Waals surface area contributed by atoms with Crippen molar-refractivity contribution in [3.8, 4) is 11.5 Å². The highest BCUT2D eigenvalue weighted by atomic mass is 16.5. The van der Waals surface area contributed by atoms with Crippen molar-refractivity contribution in [2.45, 2.75) is 25.9 Å². The molecule has 5 nitrogen and oxygen atoms in total. The van der Waals surface area contributed by atoms with Crippen LogP contribution in [0.15, 0.2) is 48.5 Å². The number of hydrogen-bond acceptors (Lipinski definition) is 5. The second kappa shape index (κ2) is 9.80. The van der Waals surface area contributed by atoms with Gasteiger partial charge in [-0.3, -0.25) is 4.90 Å². The number of nitrogens with zero attached hydrogens (tertiary/aromatic N) is 2. The van der Waals surface area contributed by atoms with Gasteiger partial charge in [0.2, 0.25) is 0 Å². The Kier molecular flexibility index (Phi) is 7.18. The molecule has 1 saturated heterocycles. The number of methoxy groups -OCH3 is 1. The van der Waals surface area contributed by atoms with E-state index >= 15 is 0 Å². The van der Waals surface area contributed by atoms with Crippen LogP contribution < -0.4 is 14.4 Å². The normalized spacial score (nSPS) is 16.2. The maximum Gasteiger partial charge on any atom is 0.142 e. The van der Waals surface area contributed by atoms with E-state index in [1.165, 1.54) is 5.56 Å². The molecule has 28 heavy (non-hydrogen) atoms. The van der Waals surface area contributed by atoms with Crippen LogP contribution in [0, 0.1) is 0 Å². The SMILES string of the molecule is COc1ccccc1N1CCN(CC(O)COc2ccccc2C(C)C)CC1. The first-order valence-electron chi connectivity index (χ1n) is 10.1. The largest absolute Gasteiger partial charge is 0.495 e. The predicted molar refractivity (Wildman–Crippen MR) is 114 cm³/mol. The molecule has 2 aromatic carbocycles. The van der Waals surface area contributed by atoms with Gasteiger partial charge in [-0.25, -0.2) is 0 Å². The van der Waals surface area contributed by atoms with E-state index in [4.69, 9.17) is 9.47 Å². The Hall–Kier alpha value is -2.24. The molecule has 0 aromatic heterocycles. The molecule has 0 bridgehead atoms. The third-order valence-electron chi connectivity index (χ3n) is 5.24. The second-order valence-corrected chi connectivity index (χ2v) is 7.62. The average molecular weight is 385 g/mol. The van der Waals surface area contributed by atoms with Gasteiger partial charge in [0.25, 0.3) is 0 Å². The highest BCUT2D eigenvalue weighted by molar-refractivity contribution is 5.58. The minimum atomic E-state index is -0.502. The Morgan fingerprint density at radius 1 is 0.929 bits per heavy atom. The molecule has 0 amide bonds. The fraction of sp³-hybridized carbons (Fsp3) is 0.478. The Bertz CT molecular complexity index is 742. The van der Waals surface area contributed by atoms with Crippen molar-refractivity contribution in [2.24, 2.45) is 0 Å². The summed E-state index contributed by atoms with van der Waals surface area (Å²) in [6, 6.07) is 16.2. The van der Waals surface area contributed by atoms with Crippen LogP contribution in [0.4, 0.5) is 5.69 Å². The van der Waals surface area contributed by atoms with Crippen LogP contribution in [-0.2, 0) is 0 Å². The van der Waals surface area contributed by atoms with Gasteiger partial charge in [0.1, 0.15) is 24.2 Å². The minimum Gasteiger partial charge on any atom is -0.495 e. The van der Waals surface area contributed by atoms with Crippen molar-refractivity contribution < 1.29 is 14.6 Å². The number of β-amino-alcohol motifs (C(OH)–C–C–N with tert-alkyl or cyclic N) is 1. The van der Waals surface area contributed by atoms with Gasteiger partial charge in [0.15, 0.2) is 0 Å². The lowest BCUT2D eigenvalue weighted by molar-refractivity contribution is 0.0658. The van der Waals surface area contributed by atoms with Crippen LogP contribution in [0.1, 0.15) is 25.3 Å². The van der Waals surface area contributed by atoms with Gasteiger partial charge in [0.05, 0.1) is 12.8 Å². The summed E-state index contributed by atoms with van der Waals surface area (Å²) in [6.07, 6.45) is -0.502. The predicted octanol–water partition coefficient (Wildman–Crippen LogP) is 3.38. The number of benzene rings is 2. The average Bonchev–Trinajstić information content (AvgIpc) is 2.73. The molecular formula is C23H32N2O3. The second-order valence-electron chi connectivity index (χ2n) is 7.62. The molecule has 1 atom stereocenters. The summed E-state index contributed by atoms with van der Waals surface area (Å²) < 4.78 is 11.4. The lowest BCUT2D eigenvalue weighted by Crippen LogP contribution is -2.49. The number of anilines is 1. The zero-order valence-electron chi connectivity index (χ0n) is 17.2. The lowest BCUT2D eigenvalue weighted by atomic mass is 10.0. The van der Waals surface area contributed by atoms with E-state index in [2.05, 4.69) is 35.8 Å². The van der Waals surface area contributed by atoms with Crippen LogP contribution in [-0.4, -0.2) is 62.6 Å². The van der Waals surface area contributed by atoms with Gasteiger partial charge in [-0.1, -0.05) is 44.2 Å². The summed E-state index contributed by atoms with van der Waals surface area (Å²) in [7, 11) is 1.71. The molecule has 1 unspecified atom stereocenters. The molecule has 3 rings (SSSR count). The first-order valence-corrected chi connectivity index (χ1v) is 10.1. The highest BCUT2D eigenvalue weighted by Crippen LogP contribution is 2.28. The fourth-order valence-corrected chi connectivity index (χ4v) is 3.69. The molecule has 0 spiro atoms. The summed E-state index contributed by atoms with van der Waals surface area (Å²) in [6.45, 7) is 8.92. The molecule has 1 heterocycles. The molecule has 0 saturated carbocycles. The number of rotatable bonds is 8. The third-order valence-corrected chi connectivity index (χ3v) is 5.24. The summed E-state index contributed by atoms with van der Waals surface area (Å²) in [4.78, 5) is 4.64. The molecule has 1 aliphatic rings. The summed E-state index contributed by atoms with van der Waals surface area (Å²) in [5, 5.41) is 10.5. The van der Waals surface area contributed by atoms with E-state index < -0.39 is 6.10 Å². The monoisotopic (exact) mass is 384 g/mol. The smallest absolute Gasteiger partial charge is 0.142 e. The molecule has 1 aliphatic heterocycles. The van der Waals surface area contributed by atoms with E-state index in [0.717, 1.165) is 43.4 Å². The molecule has 0 radical (unpaired) electrons. The molecule has 1 N–H and O–H groups in total. The topological polar surface area (TPSA) is 45.2 Å². The molecule has 2 aromatic rings. The molecule has 1 fully saturated rings. The van der Waals surface area contributed by atoms with Crippen molar-refractivity contribution in [3.05, 3.63) is 54.1 Å². The number of ether oxygens (including phenoxy) is 2. The van der Waals surface area contributed by atoms with E-state index in [9.17, 15) is 5.11 Å². The summed E-state index contributed by atoms with van der Waals surface area (Å²) in [5.74, 6) is 2.18. The first kappa shape index (κ1) is 20.5. The quantitative estimate of drug-likeness (QED) is 0.756. The Balaban J connectivity index is 1.47. The molecule has 0 aliphatic carbocycles. The summed E-state index contributed by atoms with van der Waals surface area (Å²) >= 11 is 0. The molecular weight excluding hydrogens is 352 g/mol. The van der Waals surface area contributed by atoms with Gasteiger partial charge < -0.3 is 19.5 Å². The maximum absolute atomic E-state index is 10.5. The zero-order chi connectivity index (χ0) is 19.9. The zero-order valence-corrected chi connectivity index (χ0v) is 17.2. The van der Waals surface area contributed by atoms with Crippen LogP contribution in [0.25, 0.3) is 0 Å². The van der Waals surface area contributed by atoms with Crippen LogP contribution >= 0.6 is 0 Å². The third kappa shape index (κ3) is 5.18. The van der Waals surface area contributed by atoms with Crippen molar-refractivity contribution in [2.75, 3.05) is 51.3 Å². The number of piperazine rings is 1. The van der Waals surface area contributed by atoms with E-state index in [1.54, 1.807) is 7.11 Å². The fourth-order valence-electron chi connectivity index (χ4n) is 3.69. The van der Waals surface area contributed by atoms with Gasteiger partial charge in [-0.15, -0.1) is 0 Å². The first-order chi connectivity index (χ1) is 13.6. The Labute approximate surface area is 168 Å². The van der Waals surface area contributed by atoms with Crippen LogP contribution in [0.3, 0.4) is 0 Å². The number of para-hydroxylation sites is 3. The number of hydrogen-bond donors (Lipinski definition) is 1. The van der Waals surface area contributed by atoms with Gasteiger partial charge in [-0.2, -0.15) is 0 Å². The van der Waals surface area contributed by atoms with Crippen molar-refractivity contribution in [1.82, 2.24) is 4.90 Å². The maximum atomic E-state index is 10.5. The van der Waals surface area contributed by atoms with Crippen LogP contribution in [0.5, 0.6) is 11.5 Å². The highest BCUT2D eigenvalue weighted by Gasteiger charge is 2.21. The van der Waals surface area contributed by atoms with Gasteiger partial charge in [-0.05, 0) is 29.7 Å². The molecule has 152 valence electrons. The van der Waals surface area contributed by atoms with Crippen LogP contribution in [0.2, 0.25) is 0 Å². The lowest BCUT2D eigenvalue weighted by Gasteiger charge is -2.37. The van der Waals surface area contributed by atoms with Crippen molar-refractivity contribution >= 4 is 5.69 Å². The summed E-state index contributed by atoms with van der Waals surface area (Å²) in [5.41, 5.74) is 2.32. The standard InChI is InChI=1S/C23H32N2O3/c1-18(2)20-8-4-6-10-22(20)28-17-19(26)16-24-12-14-25(15-13-24)21-9-5-7-11-23(21)27-3/h4-11,18-19,26H,12-17H2,1-3H3. The van der Waals surface area contributed by atoms with E-state index in [0.29, 0.717) is 19.1 Å². The van der Waals surface area contributed by atoms with E-state index in [-0.39, 0.29) is 0 Å².